The highest BCUT2D eigenvalue weighted by Gasteiger charge is 2.21. The van der Waals surface area contributed by atoms with Crippen LogP contribution in [-0.2, 0) is 5.41 Å². The van der Waals surface area contributed by atoms with Crippen molar-refractivity contribution in [2.75, 3.05) is 0 Å². The van der Waals surface area contributed by atoms with Crippen molar-refractivity contribution in [3.05, 3.63) is 56.8 Å². The van der Waals surface area contributed by atoms with Crippen LogP contribution >= 0.6 is 11.6 Å². The molecular weight excluding hydrogens is 320 g/mol. The molecule has 0 aliphatic rings. The Bertz CT molecular complexity index is 732. The number of pyridine rings is 1. The number of aromatic amines is 1. The molecule has 1 N–H and O–H groups in total. The lowest BCUT2D eigenvalue weighted by molar-refractivity contribution is 0.587. The van der Waals surface area contributed by atoms with Crippen molar-refractivity contribution in [3.8, 4) is 17.3 Å². The Morgan fingerprint density at radius 3 is 1.96 bits per heavy atom. The molecule has 0 spiro atoms. The van der Waals surface area contributed by atoms with E-state index in [9.17, 15) is 10.1 Å². The van der Waals surface area contributed by atoms with Crippen molar-refractivity contribution in [2.45, 2.75) is 53.9 Å². The lowest BCUT2D eigenvalue weighted by Crippen LogP contribution is -2.22. The molecule has 24 heavy (non-hydrogen) atoms. The standard InChI is InChI=1S/C16H15ClN2O.2C2H6/c1-16(2,3)13-8-14(19-15(20)12(13)9-18)10-4-6-11(17)7-5-10;2*1-2/h4-8H,1-3H3,(H,19,20);2*1-2H3. The first kappa shape index (κ1) is 21.9. The van der Waals surface area contributed by atoms with Gasteiger partial charge in [0.05, 0.1) is 0 Å². The maximum atomic E-state index is 12.1. The maximum absolute atomic E-state index is 12.1. The molecule has 0 aliphatic carbocycles. The van der Waals surface area contributed by atoms with E-state index in [4.69, 9.17) is 11.6 Å². The summed E-state index contributed by atoms with van der Waals surface area (Å²) in [6, 6.07) is 11.1. The number of hydrogen-bond acceptors (Lipinski definition) is 2. The molecule has 0 fully saturated rings. The Labute approximate surface area is 150 Å². The summed E-state index contributed by atoms with van der Waals surface area (Å²) >= 11 is 5.87. The molecule has 0 saturated heterocycles. The van der Waals surface area contributed by atoms with E-state index in [0.717, 1.165) is 11.1 Å². The van der Waals surface area contributed by atoms with Crippen LogP contribution in [0.15, 0.2) is 35.1 Å². The maximum Gasteiger partial charge on any atom is 0.266 e. The van der Waals surface area contributed by atoms with E-state index in [1.807, 2.05) is 72.7 Å². The van der Waals surface area contributed by atoms with Gasteiger partial charge in [-0.1, -0.05) is 72.2 Å². The average molecular weight is 347 g/mol. The van der Waals surface area contributed by atoms with Crippen LogP contribution in [0.25, 0.3) is 11.3 Å². The van der Waals surface area contributed by atoms with Gasteiger partial charge >= 0.3 is 0 Å². The molecular formula is C20H27ClN2O. The quantitative estimate of drug-likeness (QED) is 0.697. The number of nitrogens with zero attached hydrogens (tertiary/aromatic N) is 1. The zero-order valence-corrected chi connectivity index (χ0v) is 16.4. The highest BCUT2D eigenvalue weighted by atomic mass is 35.5. The number of nitrogens with one attached hydrogen (secondary N) is 1. The van der Waals surface area contributed by atoms with Gasteiger partial charge in [0, 0.05) is 10.7 Å². The molecule has 1 aromatic heterocycles. The van der Waals surface area contributed by atoms with E-state index < -0.39 is 0 Å². The molecule has 130 valence electrons. The summed E-state index contributed by atoms with van der Waals surface area (Å²) in [5.41, 5.74) is 1.84. The first-order chi connectivity index (χ1) is 11.3. The van der Waals surface area contributed by atoms with E-state index in [-0.39, 0.29) is 16.5 Å². The second-order valence-corrected chi connectivity index (χ2v) is 6.11. The summed E-state index contributed by atoms with van der Waals surface area (Å²) in [5, 5.41) is 9.81. The van der Waals surface area contributed by atoms with Crippen molar-refractivity contribution in [1.29, 1.82) is 5.26 Å². The van der Waals surface area contributed by atoms with Gasteiger partial charge in [-0.15, -0.1) is 0 Å². The van der Waals surface area contributed by atoms with Gasteiger partial charge in [-0.25, -0.2) is 0 Å². The van der Waals surface area contributed by atoms with E-state index >= 15 is 0 Å². The number of H-pyrrole nitrogens is 1. The third-order valence-corrected chi connectivity index (χ3v) is 3.36. The van der Waals surface area contributed by atoms with Crippen LogP contribution in [0.5, 0.6) is 0 Å². The normalized spacial score (nSPS) is 9.79. The average Bonchev–Trinajstić information content (AvgIpc) is 2.57. The van der Waals surface area contributed by atoms with Gasteiger partial charge in [-0.05, 0) is 34.7 Å². The van der Waals surface area contributed by atoms with Gasteiger partial charge in [-0.3, -0.25) is 4.79 Å². The van der Waals surface area contributed by atoms with Crippen molar-refractivity contribution < 1.29 is 0 Å². The molecule has 3 nitrogen and oxygen atoms in total. The topological polar surface area (TPSA) is 56.6 Å². The summed E-state index contributed by atoms with van der Waals surface area (Å²) in [4.78, 5) is 14.8. The summed E-state index contributed by atoms with van der Waals surface area (Å²) < 4.78 is 0. The summed E-state index contributed by atoms with van der Waals surface area (Å²) in [6.07, 6.45) is 0. The Morgan fingerprint density at radius 2 is 1.54 bits per heavy atom. The summed E-state index contributed by atoms with van der Waals surface area (Å²) in [5.74, 6) is 0. The number of rotatable bonds is 1. The van der Waals surface area contributed by atoms with Gasteiger partial charge < -0.3 is 4.98 Å². The SMILES string of the molecule is CC.CC.CC(C)(C)c1cc(-c2ccc(Cl)cc2)[nH]c(=O)c1C#N. The fourth-order valence-corrected chi connectivity index (χ4v) is 2.17. The Balaban J connectivity index is 0.00000123. The van der Waals surface area contributed by atoms with E-state index in [2.05, 4.69) is 4.98 Å². The van der Waals surface area contributed by atoms with Crippen LogP contribution in [-0.4, -0.2) is 4.98 Å². The van der Waals surface area contributed by atoms with E-state index in [0.29, 0.717) is 10.7 Å². The highest BCUT2D eigenvalue weighted by Crippen LogP contribution is 2.27. The molecule has 0 aliphatic heterocycles. The minimum absolute atomic E-state index is 0.176. The number of aromatic nitrogens is 1. The second-order valence-electron chi connectivity index (χ2n) is 5.67. The third-order valence-electron chi connectivity index (χ3n) is 3.11. The van der Waals surface area contributed by atoms with Crippen LogP contribution in [0.2, 0.25) is 5.02 Å². The number of halogens is 1. The van der Waals surface area contributed by atoms with Crippen molar-refractivity contribution in [1.82, 2.24) is 4.98 Å². The van der Waals surface area contributed by atoms with Crippen molar-refractivity contribution in [3.63, 3.8) is 0 Å². The largest absolute Gasteiger partial charge is 0.321 e. The third kappa shape index (κ3) is 5.54. The zero-order valence-electron chi connectivity index (χ0n) is 15.6. The van der Waals surface area contributed by atoms with Crippen LogP contribution < -0.4 is 5.56 Å². The molecule has 0 saturated carbocycles. The minimum atomic E-state index is -0.357. The molecule has 0 radical (unpaired) electrons. The second kappa shape index (κ2) is 9.95. The van der Waals surface area contributed by atoms with Crippen LogP contribution in [0.4, 0.5) is 0 Å². The Morgan fingerprint density at radius 1 is 1.04 bits per heavy atom. The first-order valence-electron chi connectivity index (χ1n) is 8.27. The lowest BCUT2D eigenvalue weighted by Gasteiger charge is -2.21. The highest BCUT2D eigenvalue weighted by molar-refractivity contribution is 6.30. The number of nitriles is 1. The number of benzene rings is 1. The monoisotopic (exact) mass is 346 g/mol. The molecule has 0 unspecified atom stereocenters. The summed E-state index contributed by atoms with van der Waals surface area (Å²) in [6.45, 7) is 13.9. The summed E-state index contributed by atoms with van der Waals surface area (Å²) in [7, 11) is 0. The Kier molecular flexibility index (Phi) is 9.10. The van der Waals surface area contributed by atoms with Gasteiger partial charge in [0.15, 0.2) is 0 Å². The van der Waals surface area contributed by atoms with Gasteiger partial charge in [-0.2, -0.15) is 5.26 Å². The fraction of sp³-hybridized carbons (Fsp3) is 0.400. The Hall–Kier alpha value is -2.05. The molecule has 0 atom stereocenters. The zero-order chi connectivity index (χ0) is 18.9. The molecule has 4 heteroatoms. The molecule has 1 aromatic carbocycles. The molecule has 1 heterocycles. The van der Waals surface area contributed by atoms with Crippen LogP contribution in [0, 0.1) is 11.3 Å². The predicted octanol–water partition coefficient (Wildman–Crippen LogP) is 5.92. The first-order valence-corrected chi connectivity index (χ1v) is 8.64. The van der Waals surface area contributed by atoms with Crippen molar-refractivity contribution in [2.24, 2.45) is 0 Å². The molecule has 2 aromatic rings. The van der Waals surface area contributed by atoms with E-state index in [1.165, 1.54) is 0 Å². The van der Waals surface area contributed by atoms with Gasteiger partial charge in [0.1, 0.15) is 11.6 Å². The molecule has 0 bridgehead atoms. The van der Waals surface area contributed by atoms with Gasteiger partial charge in [0.25, 0.3) is 5.56 Å². The smallest absolute Gasteiger partial charge is 0.266 e. The predicted molar refractivity (Wildman–Crippen MR) is 104 cm³/mol. The fourth-order valence-electron chi connectivity index (χ4n) is 2.05. The lowest BCUT2D eigenvalue weighted by atomic mass is 9.84. The van der Waals surface area contributed by atoms with Crippen LogP contribution in [0.3, 0.4) is 0 Å². The number of hydrogen-bond donors (Lipinski definition) is 1. The van der Waals surface area contributed by atoms with Gasteiger partial charge in [0.2, 0.25) is 0 Å². The van der Waals surface area contributed by atoms with Crippen LogP contribution in [0.1, 0.15) is 59.6 Å². The van der Waals surface area contributed by atoms with Crippen molar-refractivity contribution >= 4 is 11.6 Å². The molecule has 0 amide bonds. The molecule has 2 rings (SSSR count). The minimum Gasteiger partial charge on any atom is -0.321 e. The van der Waals surface area contributed by atoms with E-state index in [1.54, 1.807) is 12.1 Å².